The average Bonchev–Trinajstić information content (AvgIpc) is 3.73. The van der Waals surface area contributed by atoms with Crippen molar-refractivity contribution in [1.82, 2.24) is 9.13 Å². The molecular weight excluding hydrogens is 554 g/mol. The van der Waals surface area contributed by atoms with Gasteiger partial charge in [0.25, 0.3) is 0 Å². The van der Waals surface area contributed by atoms with E-state index < -0.39 is 0 Å². The summed E-state index contributed by atoms with van der Waals surface area (Å²) in [4.78, 5) is 3.68. The van der Waals surface area contributed by atoms with Crippen LogP contribution in [-0.4, -0.2) is 9.13 Å². The van der Waals surface area contributed by atoms with Crippen molar-refractivity contribution in [2.75, 3.05) is 0 Å². The van der Waals surface area contributed by atoms with E-state index in [2.05, 4.69) is 80.7 Å². The van der Waals surface area contributed by atoms with Crippen molar-refractivity contribution in [3.05, 3.63) is 138 Å². The van der Waals surface area contributed by atoms with Gasteiger partial charge in [-0.3, -0.25) is 0 Å². The summed E-state index contributed by atoms with van der Waals surface area (Å²) >= 11 is 0. The molecule has 0 radical (unpaired) electrons. The number of benzene rings is 6. The number of hydrogen-bond acceptors (Lipinski definition) is 3. The maximum Gasteiger partial charge on any atom is 0.229 e. The molecule has 0 spiro atoms. The fourth-order valence-electron chi connectivity index (χ4n) is 6.82. The van der Waals surface area contributed by atoms with Crippen LogP contribution in [0, 0.1) is 29.2 Å². The van der Waals surface area contributed by atoms with E-state index in [4.69, 9.17) is 11.0 Å². The molecule has 6 aromatic carbocycles. The Morgan fingerprint density at radius 2 is 1.13 bits per heavy atom. The van der Waals surface area contributed by atoms with Crippen LogP contribution in [0.5, 0.6) is 0 Å². The summed E-state index contributed by atoms with van der Waals surface area (Å²) in [5, 5.41) is 25.1. The summed E-state index contributed by atoms with van der Waals surface area (Å²) in [6.07, 6.45) is 0. The highest BCUT2D eigenvalue weighted by molar-refractivity contribution is 6.18. The highest BCUT2D eigenvalue weighted by Crippen LogP contribution is 2.41. The van der Waals surface area contributed by atoms with Crippen molar-refractivity contribution in [2.45, 2.75) is 0 Å². The van der Waals surface area contributed by atoms with Gasteiger partial charge >= 0.3 is 0 Å². The molecule has 206 valence electrons. The normalized spacial score (nSPS) is 11.5. The third kappa shape index (κ3) is 3.41. The predicted molar refractivity (Wildman–Crippen MR) is 178 cm³/mol. The molecule has 0 saturated heterocycles. The second kappa shape index (κ2) is 9.09. The molecule has 3 aromatic heterocycles. The van der Waals surface area contributed by atoms with Crippen LogP contribution in [0.4, 0.5) is 5.69 Å². The molecule has 6 nitrogen and oxygen atoms in total. The average molecular weight is 574 g/mol. The molecule has 0 aliphatic heterocycles. The lowest BCUT2D eigenvalue weighted by atomic mass is 10.1. The quantitative estimate of drug-likeness (QED) is 0.193. The van der Waals surface area contributed by atoms with E-state index in [0.29, 0.717) is 22.4 Å². The second-order valence-electron chi connectivity index (χ2n) is 11.1. The maximum atomic E-state index is 9.61. The van der Waals surface area contributed by atoms with Crippen LogP contribution in [0.2, 0.25) is 0 Å². The molecule has 45 heavy (non-hydrogen) atoms. The Bertz CT molecular complexity index is 2790. The predicted octanol–water partition coefficient (Wildman–Crippen LogP) is 10.1. The van der Waals surface area contributed by atoms with E-state index in [1.165, 1.54) is 0 Å². The first-order valence-corrected chi connectivity index (χ1v) is 14.4. The van der Waals surface area contributed by atoms with Gasteiger partial charge < -0.3 is 13.6 Å². The van der Waals surface area contributed by atoms with Crippen LogP contribution in [0.25, 0.3) is 81.8 Å². The Balaban J connectivity index is 1.34. The zero-order valence-electron chi connectivity index (χ0n) is 23.6. The molecule has 0 aliphatic rings. The van der Waals surface area contributed by atoms with Crippen LogP contribution < -0.4 is 0 Å². The summed E-state index contributed by atoms with van der Waals surface area (Å²) < 4.78 is 10.7. The topological polar surface area (TPSA) is 74.9 Å². The molecule has 0 unspecified atom stereocenters. The molecule has 0 atom stereocenters. The van der Waals surface area contributed by atoms with Crippen molar-refractivity contribution in [3.8, 4) is 23.5 Å². The number of para-hydroxylation sites is 2. The molecule has 0 fully saturated rings. The molecule has 3 heterocycles. The minimum absolute atomic E-state index is 0.503. The lowest BCUT2D eigenvalue weighted by Crippen LogP contribution is -1.98. The first-order chi connectivity index (χ1) is 22.2. The van der Waals surface area contributed by atoms with Gasteiger partial charge in [0.15, 0.2) is 0 Å². The van der Waals surface area contributed by atoms with Gasteiger partial charge in [0.05, 0.1) is 51.9 Å². The molecule has 0 N–H and O–H groups in total. The van der Waals surface area contributed by atoms with Crippen LogP contribution in [0.15, 0.2) is 120 Å². The summed E-state index contributed by atoms with van der Waals surface area (Å²) in [6.45, 7) is 7.62. The minimum atomic E-state index is 0.503. The van der Waals surface area contributed by atoms with Crippen molar-refractivity contribution < 1.29 is 4.42 Å². The number of fused-ring (bicyclic) bond motifs is 9. The number of aromatic nitrogens is 2. The van der Waals surface area contributed by atoms with E-state index in [9.17, 15) is 10.5 Å². The Hall–Kier alpha value is -6.81. The fourth-order valence-corrected chi connectivity index (χ4v) is 6.82. The summed E-state index contributed by atoms with van der Waals surface area (Å²) in [6, 6.07) is 42.7. The van der Waals surface area contributed by atoms with E-state index >= 15 is 0 Å². The van der Waals surface area contributed by atoms with E-state index in [0.717, 1.165) is 71.3 Å². The largest absolute Gasteiger partial charge is 0.467 e. The zero-order chi connectivity index (χ0) is 30.2. The van der Waals surface area contributed by atoms with Crippen LogP contribution >= 0.6 is 0 Å². The number of hydrogen-bond donors (Lipinski definition) is 0. The maximum absolute atomic E-state index is 9.61. The molecule has 0 saturated carbocycles. The molecule has 6 heteroatoms. The molecule has 9 aromatic rings. The molecule has 0 amide bonds. The molecule has 0 aliphatic carbocycles. The minimum Gasteiger partial charge on any atom is -0.467 e. The smallest absolute Gasteiger partial charge is 0.229 e. The zero-order valence-corrected chi connectivity index (χ0v) is 23.6. The third-order valence-electron chi connectivity index (χ3n) is 8.76. The summed E-state index contributed by atoms with van der Waals surface area (Å²) in [5.41, 5.74) is 9.00. The van der Waals surface area contributed by atoms with Gasteiger partial charge in [0.1, 0.15) is 11.2 Å². The number of nitriles is 2. The van der Waals surface area contributed by atoms with Gasteiger partial charge in [-0.1, -0.05) is 42.5 Å². The van der Waals surface area contributed by atoms with Crippen molar-refractivity contribution in [2.24, 2.45) is 0 Å². The van der Waals surface area contributed by atoms with E-state index in [1.807, 2.05) is 54.6 Å². The van der Waals surface area contributed by atoms with E-state index in [1.54, 1.807) is 6.07 Å². The monoisotopic (exact) mass is 573 g/mol. The molecule has 9 rings (SSSR count). The summed E-state index contributed by atoms with van der Waals surface area (Å²) in [5.74, 6) is 0. The van der Waals surface area contributed by atoms with E-state index in [-0.39, 0.29) is 0 Å². The Labute approximate surface area is 256 Å². The Kier molecular flexibility index (Phi) is 5.00. The second-order valence-corrected chi connectivity index (χ2v) is 11.1. The van der Waals surface area contributed by atoms with Crippen LogP contribution in [-0.2, 0) is 0 Å². The van der Waals surface area contributed by atoms with Gasteiger partial charge in [0.2, 0.25) is 5.69 Å². The Morgan fingerprint density at radius 3 is 1.82 bits per heavy atom. The summed E-state index contributed by atoms with van der Waals surface area (Å²) in [7, 11) is 0. The fraction of sp³-hybridized carbons (Fsp3) is 0. The van der Waals surface area contributed by atoms with Crippen LogP contribution in [0.3, 0.4) is 0 Å². The number of rotatable bonds is 2. The lowest BCUT2D eigenvalue weighted by molar-refractivity contribution is 0.671. The van der Waals surface area contributed by atoms with Gasteiger partial charge in [-0.15, -0.1) is 0 Å². The third-order valence-corrected chi connectivity index (χ3v) is 8.76. The lowest BCUT2D eigenvalue weighted by Gasteiger charge is -2.13. The number of nitrogens with zero attached hydrogens (tertiary/aromatic N) is 5. The van der Waals surface area contributed by atoms with Gasteiger partial charge in [-0.05, 0) is 72.8 Å². The standard InChI is InChI=1S/C39H19N5O/c1-42-33-10-5-9-28-32-19-37-31(20-38(32)45-39(28)33)27-8-2-3-11-34(27)44(37)26-7-4-6-25(18-26)43-35-14-12-23(21-40)16-29(35)30-17-24(22-41)13-15-36(30)43/h2-20H. The Morgan fingerprint density at radius 1 is 0.533 bits per heavy atom. The van der Waals surface area contributed by atoms with Gasteiger partial charge in [0, 0.05) is 43.7 Å². The highest BCUT2D eigenvalue weighted by atomic mass is 16.3. The molecular formula is C39H19N5O. The van der Waals surface area contributed by atoms with Gasteiger partial charge in [-0.2, -0.15) is 10.5 Å². The first kappa shape index (κ1) is 24.8. The van der Waals surface area contributed by atoms with Crippen LogP contribution in [0.1, 0.15) is 11.1 Å². The van der Waals surface area contributed by atoms with Crippen molar-refractivity contribution in [3.63, 3.8) is 0 Å². The van der Waals surface area contributed by atoms with Crippen molar-refractivity contribution >= 4 is 71.2 Å². The molecule has 0 bridgehead atoms. The van der Waals surface area contributed by atoms with Crippen molar-refractivity contribution in [1.29, 1.82) is 10.5 Å². The SMILES string of the molecule is [C-]#[N+]c1cccc2c1oc1cc3c4ccccc4n(-c4cccc(-n5c6ccc(C#N)cc6c6cc(C#N)ccc65)c4)c3cc12. The highest BCUT2D eigenvalue weighted by Gasteiger charge is 2.19. The van der Waals surface area contributed by atoms with Gasteiger partial charge in [-0.25, -0.2) is 4.85 Å². The first-order valence-electron chi connectivity index (χ1n) is 14.4. The number of furan rings is 1.